The first kappa shape index (κ1) is 17.6. The van der Waals surface area contributed by atoms with Crippen LogP contribution in [-0.4, -0.2) is 75.9 Å². The number of hydrogen-bond donors (Lipinski definition) is 4. The zero-order valence-electron chi connectivity index (χ0n) is 12.7. The van der Waals surface area contributed by atoms with Crippen LogP contribution in [0.2, 0.25) is 0 Å². The topological polar surface area (TPSA) is 126 Å². The molecule has 2 saturated heterocycles. The Bertz CT molecular complexity index is 396. The van der Waals surface area contributed by atoms with Crippen LogP contribution in [0, 0.1) is 5.92 Å². The van der Waals surface area contributed by atoms with E-state index in [2.05, 4.69) is 0 Å². The van der Waals surface area contributed by atoms with E-state index in [1.165, 1.54) is 0 Å². The normalized spacial score (nSPS) is 41.5. The zero-order chi connectivity index (χ0) is 16.5. The van der Waals surface area contributed by atoms with Gasteiger partial charge in [-0.3, -0.25) is 4.79 Å². The van der Waals surface area contributed by atoms with Crippen molar-refractivity contribution in [2.45, 2.75) is 63.0 Å². The van der Waals surface area contributed by atoms with Crippen LogP contribution >= 0.6 is 0 Å². The van der Waals surface area contributed by atoms with Gasteiger partial charge < -0.3 is 34.6 Å². The third-order valence-corrected chi connectivity index (χ3v) is 4.37. The smallest absolute Gasteiger partial charge is 0.306 e. The molecule has 22 heavy (non-hydrogen) atoms. The van der Waals surface area contributed by atoms with E-state index in [4.69, 9.17) is 19.3 Å². The standard InChI is InChI=1S/C14H24O8/c1-14(2)7(5-9(16)22-14)3-4-20-13-12(19)11(18)10(17)8(6-15)21-13/h7-8,10-13,15,17-19H,3-6H2,1-2H3. The quantitative estimate of drug-likeness (QED) is 0.453. The molecule has 2 aliphatic rings. The largest absolute Gasteiger partial charge is 0.459 e. The Hall–Kier alpha value is -0.770. The number of cyclic esters (lactones) is 1. The van der Waals surface area contributed by atoms with Crippen molar-refractivity contribution in [2.75, 3.05) is 13.2 Å². The maximum Gasteiger partial charge on any atom is 0.306 e. The van der Waals surface area contributed by atoms with Crippen LogP contribution < -0.4 is 0 Å². The molecule has 0 aromatic heterocycles. The fourth-order valence-corrected chi connectivity index (χ4v) is 2.85. The van der Waals surface area contributed by atoms with E-state index in [1.807, 2.05) is 13.8 Å². The van der Waals surface area contributed by atoms with Crippen molar-refractivity contribution in [3.05, 3.63) is 0 Å². The Labute approximate surface area is 128 Å². The van der Waals surface area contributed by atoms with Crippen molar-refractivity contribution in [3.63, 3.8) is 0 Å². The highest BCUT2D eigenvalue weighted by Gasteiger charge is 2.45. The van der Waals surface area contributed by atoms with Crippen LogP contribution in [-0.2, 0) is 19.0 Å². The van der Waals surface area contributed by atoms with Crippen molar-refractivity contribution in [1.82, 2.24) is 0 Å². The molecule has 8 heteroatoms. The van der Waals surface area contributed by atoms with E-state index in [-0.39, 0.29) is 18.5 Å². The summed E-state index contributed by atoms with van der Waals surface area (Å²) in [5.41, 5.74) is -0.560. The van der Waals surface area contributed by atoms with E-state index in [0.29, 0.717) is 12.8 Å². The number of hydrogen-bond acceptors (Lipinski definition) is 8. The lowest BCUT2D eigenvalue weighted by Crippen LogP contribution is -2.59. The fourth-order valence-electron chi connectivity index (χ4n) is 2.85. The van der Waals surface area contributed by atoms with Gasteiger partial charge in [0.2, 0.25) is 0 Å². The van der Waals surface area contributed by atoms with Crippen molar-refractivity contribution in [1.29, 1.82) is 0 Å². The second kappa shape index (κ2) is 6.77. The average Bonchev–Trinajstić information content (AvgIpc) is 2.71. The average molecular weight is 320 g/mol. The summed E-state index contributed by atoms with van der Waals surface area (Å²) in [5.74, 6) is -0.257. The molecule has 0 aromatic carbocycles. The molecular weight excluding hydrogens is 296 g/mol. The summed E-state index contributed by atoms with van der Waals surface area (Å²) in [6.07, 6.45) is -5.57. The van der Waals surface area contributed by atoms with E-state index >= 15 is 0 Å². The number of ether oxygens (including phenoxy) is 3. The van der Waals surface area contributed by atoms with Gasteiger partial charge in [-0.05, 0) is 20.3 Å². The summed E-state index contributed by atoms with van der Waals surface area (Å²) in [5, 5.41) is 38.3. The van der Waals surface area contributed by atoms with Crippen molar-refractivity contribution < 1.29 is 39.4 Å². The van der Waals surface area contributed by atoms with Gasteiger partial charge in [-0.2, -0.15) is 0 Å². The van der Waals surface area contributed by atoms with Gasteiger partial charge in [0.1, 0.15) is 30.0 Å². The van der Waals surface area contributed by atoms with Crippen LogP contribution in [0.4, 0.5) is 0 Å². The number of aliphatic hydroxyl groups excluding tert-OH is 4. The lowest BCUT2D eigenvalue weighted by Gasteiger charge is -2.39. The van der Waals surface area contributed by atoms with Gasteiger partial charge in [0.25, 0.3) is 0 Å². The van der Waals surface area contributed by atoms with Gasteiger partial charge in [-0.15, -0.1) is 0 Å². The van der Waals surface area contributed by atoms with Crippen molar-refractivity contribution in [3.8, 4) is 0 Å². The van der Waals surface area contributed by atoms with Crippen LogP contribution in [0.1, 0.15) is 26.7 Å². The van der Waals surface area contributed by atoms with Crippen LogP contribution in [0.25, 0.3) is 0 Å². The molecule has 0 radical (unpaired) electrons. The molecule has 6 atom stereocenters. The molecule has 0 aromatic rings. The van der Waals surface area contributed by atoms with Gasteiger partial charge in [-0.25, -0.2) is 0 Å². The maximum absolute atomic E-state index is 11.3. The van der Waals surface area contributed by atoms with Crippen molar-refractivity contribution in [2.24, 2.45) is 5.92 Å². The van der Waals surface area contributed by atoms with Gasteiger partial charge in [-0.1, -0.05) is 0 Å². The predicted molar refractivity (Wildman–Crippen MR) is 72.6 cm³/mol. The molecule has 4 N–H and O–H groups in total. The molecule has 2 fully saturated rings. The summed E-state index contributed by atoms with van der Waals surface area (Å²) >= 11 is 0. The first-order valence-corrected chi connectivity index (χ1v) is 7.40. The molecule has 2 rings (SSSR count). The van der Waals surface area contributed by atoms with Gasteiger partial charge in [0, 0.05) is 5.92 Å². The molecule has 2 aliphatic heterocycles. The third kappa shape index (κ3) is 3.58. The van der Waals surface area contributed by atoms with E-state index in [9.17, 15) is 20.1 Å². The SMILES string of the molecule is CC1(C)OC(=O)CC1CCOC1OC(CO)C(O)C(O)C1O. The molecule has 0 amide bonds. The number of aliphatic hydroxyl groups is 4. The third-order valence-electron chi connectivity index (χ3n) is 4.37. The number of carbonyl (C=O) groups excluding carboxylic acids is 1. The molecule has 0 spiro atoms. The number of rotatable bonds is 5. The predicted octanol–water partition coefficient (Wildman–Crippen LogP) is -1.47. The molecule has 0 saturated carbocycles. The first-order valence-electron chi connectivity index (χ1n) is 7.40. The number of carbonyl (C=O) groups is 1. The summed E-state index contributed by atoms with van der Waals surface area (Å²) in [6, 6.07) is 0. The summed E-state index contributed by atoms with van der Waals surface area (Å²) < 4.78 is 15.9. The Balaban J connectivity index is 1.84. The second-order valence-corrected chi connectivity index (χ2v) is 6.34. The Morgan fingerprint density at radius 2 is 1.91 bits per heavy atom. The highest BCUT2D eigenvalue weighted by atomic mass is 16.7. The van der Waals surface area contributed by atoms with E-state index in [1.54, 1.807) is 0 Å². The lowest BCUT2D eigenvalue weighted by atomic mass is 9.88. The minimum absolute atomic E-state index is 0.00936. The number of esters is 1. The molecule has 6 unspecified atom stereocenters. The first-order chi connectivity index (χ1) is 10.3. The zero-order valence-corrected chi connectivity index (χ0v) is 12.7. The minimum Gasteiger partial charge on any atom is -0.459 e. The van der Waals surface area contributed by atoms with Gasteiger partial charge >= 0.3 is 5.97 Å². The molecule has 2 heterocycles. The molecule has 8 nitrogen and oxygen atoms in total. The molecular formula is C14H24O8. The minimum atomic E-state index is -1.45. The van der Waals surface area contributed by atoms with Gasteiger partial charge in [0.05, 0.1) is 19.6 Å². The molecule has 0 bridgehead atoms. The maximum atomic E-state index is 11.3. The van der Waals surface area contributed by atoms with Gasteiger partial charge in [0.15, 0.2) is 6.29 Å². The summed E-state index contributed by atoms with van der Waals surface area (Å²) in [7, 11) is 0. The summed E-state index contributed by atoms with van der Waals surface area (Å²) in [4.78, 5) is 11.3. The highest BCUT2D eigenvalue weighted by molar-refractivity contribution is 5.72. The van der Waals surface area contributed by atoms with Crippen molar-refractivity contribution >= 4 is 5.97 Å². The highest BCUT2D eigenvalue weighted by Crippen LogP contribution is 2.35. The Kier molecular flexibility index (Phi) is 5.41. The summed E-state index contributed by atoms with van der Waals surface area (Å²) in [6.45, 7) is 3.35. The van der Waals surface area contributed by atoms with Crippen LogP contribution in [0.15, 0.2) is 0 Å². The molecule has 128 valence electrons. The van der Waals surface area contributed by atoms with E-state index < -0.39 is 42.9 Å². The monoisotopic (exact) mass is 320 g/mol. The fraction of sp³-hybridized carbons (Fsp3) is 0.929. The Morgan fingerprint density at radius 1 is 1.23 bits per heavy atom. The Morgan fingerprint density at radius 3 is 2.45 bits per heavy atom. The second-order valence-electron chi connectivity index (χ2n) is 6.34. The lowest BCUT2D eigenvalue weighted by molar-refractivity contribution is -0.301. The van der Waals surface area contributed by atoms with Crippen LogP contribution in [0.3, 0.4) is 0 Å². The van der Waals surface area contributed by atoms with E-state index in [0.717, 1.165) is 0 Å². The van der Waals surface area contributed by atoms with Crippen LogP contribution in [0.5, 0.6) is 0 Å². The molecule has 0 aliphatic carbocycles.